The van der Waals surface area contributed by atoms with Crippen molar-refractivity contribution in [1.82, 2.24) is 0 Å². The van der Waals surface area contributed by atoms with Crippen LogP contribution in [0.3, 0.4) is 0 Å². The number of rotatable bonds is 3. The molecule has 0 heterocycles. The number of hydrogen-bond donors (Lipinski definition) is 0. The van der Waals surface area contributed by atoms with Crippen LogP contribution < -0.4 is 0 Å². The van der Waals surface area contributed by atoms with Gasteiger partial charge in [-0.15, -0.1) is 0 Å². The van der Waals surface area contributed by atoms with Crippen LogP contribution in [-0.4, -0.2) is 0 Å². The van der Waals surface area contributed by atoms with E-state index in [1.165, 1.54) is 0 Å². The lowest BCUT2D eigenvalue weighted by Gasteiger charge is -2.16. The van der Waals surface area contributed by atoms with Crippen LogP contribution in [0.15, 0.2) is 54.6 Å². The van der Waals surface area contributed by atoms with Gasteiger partial charge in [-0.3, -0.25) is 0 Å². The van der Waals surface area contributed by atoms with Crippen molar-refractivity contribution in [1.29, 1.82) is 10.5 Å². The minimum Gasteiger partial charge on any atom is -0.198 e. The first-order valence-electron chi connectivity index (χ1n) is 6.17. The summed E-state index contributed by atoms with van der Waals surface area (Å²) >= 11 is 0. The Kier molecular flexibility index (Phi) is 3.96. The number of nitrogens with zero attached hydrogens (tertiary/aromatic N) is 2. The molecular formula is C17H14N2. The first-order chi connectivity index (χ1) is 9.26. The molecule has 92 valence electrons. The lowest BCUT2D eigenvalue weighted by atomic mass is 9.83. The molecule has 0 aliphatic rings. The van der Waals surface area contributed by atoms with E-state index in [9.17, 15) is 10.5 Å². The molecule has 0 aromatic heterocycles. The standard InChI is InChI=1S/C17H14N2/c1-13-7-9-15(10-8-13)17(12-19)16(11-18)14-5-3-2-4-6-14/h2-10,16-17H,1H3/t16-,17-/m1/s1. The second-order valence-electron chi connectivity index (χ2n) is 4.53. The summed E-state index contributed by atoms with van der Waals surface area (Å²) in [5, 5.41) is 18.8. The highest BCUT2D eigenvalue weighted by Crippen LogP contribution is 2.32. The number of benzene rings is 2. The number of aryl methyl sites for hydroxylation is 1. The molecule has 0 saturated carbocycles. The van der Waals surface area contributed by atoms with Gasteiger partial charge in [0.25, 0.3) is 0 Å². The molecule has 0 spiro atoms. The fourth-order valence-electron chi connectivity index (χ4n) is 2.12. The zero-order chi connectivity index (χ0) is 13.7. The highest BCUT2D eigenvalue weighted by molar-refractivity contribution is 5.37. The Bertz CT molecular complexity index is 615. The van der Waals surface area contributed by atoms with Gasteiger partial charge in [0.05, 0.1) is 24.0 Å². The first-order valence-corrected chi connectivity index (χ1v) is 6.17. The molecule has 0 amide bonds. The van der Waals surface area contributed by atoms with Crippen molar-refractivity contribution in [2.24, 2.45) is 0 Å². The lowest BCUT2D eigenvalue weighted by molar-refractivity contribution is 0.761. The van der Waals surface area contributed by atoms with E-state index in [-0.39, 0.29) is 0 Å². The third-order valence-corrected chi connectivity index (χ3v) is 3.21. The summed E-state index contributed by atoms with van der Waals surface area (Å²) in [5.41, 5.74) is 2.93. The van der Waals surface area contributed by atoms with Gasteiger partial charge in [0.15, 0.2) is 0 Å². The monoisotopic (exact) mass is 246 g/mol. The summed E-state index contributed by atoms with van der Waals surface area (Å²) in [6.07, 6.45) is 0. The van der Waals surface area contributed by atoms with Gasteiger partial charge in [-0.2, -0.15) is 10.5 Å². The molecule has 0 aliphatic heterocycles. The Morgan fingerprint density at radius 3 is 1.68 bits per heavy atom. The molecule has 2 heteroatoms. The normalized spacial score (nSPS) is 13.0. The van der Waals surface area contributed by atoms with Crippen molar-refractivity contribution < 1.29 is 0 Å². The Balaban J connectivity index is 2.39. The zero-order valence-electron chi connectivity index (χ0n) is 10.7. The third kappa shape index (κ3) is 2.81. The molecule has 2 aromatic rings. The van der Waals surface area contributed by atoms with Gasteiger partial charge in [0.1, 0.15) is 0 Å². The molecule has 2 rings (SSSR count). The van der Waals surface area contributed by atoms with Gasteiger partial charge in [-0.25, -0.2) is 0 Å². The fourth-order valence-corrected chi connectivity index (χ4v) is 2.12. The van der Waals surface area contributed by atoms with E-state index in [2.05, 4.69) is 12.1 Å². The van der Waals surface area contributed by atoms with Crippen LogP contribution in [0.5, 0.6) is 0 Å². The van der Waals surface area contributed by atoms with Crippen molar-refractivity contribution in [2.45, 2.75) is 18.8 Å². The lowest BCUT2D eigenvalue weighted by Crippen LogP contribution is -2.08. The van der Waals surface area contributed by atoms with Gasteiger partial charge in [-0.05, 0) is 18.1 Å². The van der Waals surface area contributed by atoms with Crippen LogP contribution in [-0.2, 0) is 0 Å². The number of nitriles is 2. The van der Waals surface area contributed by atoms with Crippen LogP contribution in [0.2, 0.25) is 0 Å². The van der Waals surface area contributed by atoms with Crippen molar-refractivity contribution in [3.63, 3.8) is 0 Å². The SMILES string of the molecule is Cc1ccc([C@@H](C#N)[C@H](C#N)c2ccccc2)cc1. The summed E-state index contributed by atoms with van der Waals surface area (Å²) in [7, 11) is 0. The highest BCUT2D eigenvalue weighted by Gasteiger charge is 2.24. The van der Waals surface area contributed by atoms with Gasteiger partial charge in [0, 0.05) is 0 Å². The average molecular weight is 246 g/mol. The molecule has 0 aliphatic carbocycles. The van der Waals surface area contributed by atoms with Crippen molar-refractivity contribution in [3.05, 3.63) is 71.3 Å². The molecule has 0 fully saturated rings. The van der Waals surface area contributed by atoms with Crippen LogP contribution in [0.1, 0.15) is 28.5 Å². The van der Waals surface area contributed by atoms with Crippen LogP contribution in [0.25, 0.3) is 0 Å². The average Bonchev–Trinajstić information content (AvgIpc) is 2.47. The maximum Gasteiger partial charge on any atom is 0.0911 e. The van der Waals surface area contributed by atoms with E-state index in [0.717, 1.165) is 16.7 Å². The smallest absolute Gasteiger partial charge is 0.0911 e. The number of hydrogen-bond acceptors (Lipinski definition) is 2. The summed E-state index contributed by atoms with van der Waals surface area (Å²) in [4.78, 5) is 0. The molecule has 0 radical (unpaired) electrons. The first kappa shape index (κ1) is 12.9. The van der Waals surface area contributed by atoms with Crippen LogP contribution in [0, 0.1) is 29.6 Å². The van der Waals surface area contributed by atoms with Gasteiger partial charge >= 0.3 is 0 Å². The minimum absolute atomic E-state index is 0.436. The Morgan fingerprint density at radius 1 is 0.737 bits per heavy atom. The largest absolute Gasteiger partial charge is 0.198 e. The van der Waals surface area contributed by atoms with Crippen molar-refractivity contribution in [3.8, 4) is 12.1 Å². The van der Waals surface area contributed by atoms with E-state index < -0.39 is 11.8 Å². The summed E-state index contributed by atoms with van der Waals surface area (Å²) in [6, 6.07) is 21.8. The van der Waals surface area contributed by atoms with E-state index in [1.807, 2.05) is 61.5 Å². The molecule has 2 aromatic carbocycles. The van der Waals surface area contributed by atoms with Gasteiger partial charge in [0.2, 0.25) is 0 Å². The van der Waals surface area contributed by atoms with E-state index >= 15 is 0 Å². The van der Waals surface area contributed by atoms with Gasteiger partial charge < -0.3 is 0 Å². The van der Waals surface area contributed by atoms with E-state index in [4.69, 9.17) is 0 Å². The topological polar surface area (TPSA) is 47.6 Å². The van der Waals surface area contributed by atoms with Crippen LogP contribution in [0.4, 0.5) is 0 Å². The second kappa shape index (κ2) is 5.85. The quantitative estimate of drug-likeness (QED) is 0.824. The molecular weight excluding hydrogens is 232 g/mol. The predicted octanol–water partition coefficient (Wildman–Crippen LogP) is 3.91. The molecule has 2 atom stereocenters. The summed E-state index contributed by atoms with van der Waals surface area (Å²) in [5.74, 6) is -0.873. The summed E-state index contributed by atoms with van der Waals surface area (Å²) < 4.78 is 0. The zero-order valence-corrected chi connectivity index (χ0v) is 10.7. The predicted molar refractivity (Wildman–Crippen MR) is 74.3 cm³/mol. The maximum atomic E-state index is 9.41. The third-order valence-electron chi connectivity index (χ3n) is 3.21. The Morgan fingerprint density at radius 2 is 1.21 bits per heavy atom. The summed E-state index contributed by atoms with van der Waals surface area (Å²) in [6.45, 7) is 2.00. The van der Waals surface area contributed by atoms with Gasteiger partial charge in [-0.1, -0.05) is 60.2 Å². The second-order valence-corrected chi connectivity index (χ2v) is 4.53. The Labute approximate surface area is 113 Å². The van der Waals surface area contributed by atoms with Crippen molar-refractivity contribution >= 4 is 0 Å². The maximum absolute atomic E-state index is 9.41. The minimum atomic E-state index is -0.437. The molecule has 0 N–H and O–H groups in total. The molecule has 0 saturated heterocycles. The molecule has 2 nitrogen and oxygen atoms in total. The van der Waals surface area contributed by atoms with Crippen LogP contribution >= 0.6 is 0 Å². The molecule has 19 heavy (non-hydrogen) atoms. The van der Waals surface area contributed by atoms with E-state index in [0.29, 0.717) is 0 Å². The highest BCUT2D eigenvalue weighted by atomic mass is 14.4. The molecule has 0 unspecified atom stereocenters. The van der Waals surface area contributed by atoms with Crippen molar-refractivity contribution in [2.75, 3.05) is 0 Å². The fraction of sp³-hybridized carbons (Fsp3) is 0.176. The Hall–Kier alpha value is -2.58. The molecule has 0 bridgehead atoms. The van der Waals surface area contributed by atoms with E-state index in [1.54, 1.807) is 0 Å².